The Morgan fingerprint density at radius 2 is 0.758 bits per heavy atom. The van der Waals surface area contributed by atoms with E-state index in [0.29, 0.717) is 12.8 Å². The predicted octanol–water partition coefficient (Wildman–Crippen LogP) is 13.6. The van der Waals surface area contributed by atoms with E-state index in [9.17, 15) is 29.3 Å². The van der Waals surface area contributed by atoms with Gasteiger partial charge in [-0.05, 0) is 83.5 Å². The number of phosphoric ester groups is 1. The molecule has 0 aromatic rings. The number of ether oxygens (including phenoxy) is 2. The minimum Gasteiger partial charge on any atom is -0.457 e. The van der Waals surface area contributed by atoms with Crippen LogP contribution < -0.4 is 0 Å². The fourth-order valence-electron chi connectivity index (χ4n) is 6.43. The molecule has 10 nitrogen and oxygen atoms in total. The highest BCUT2D eigenvalue weighted by atomic mass is 31.2. The first kappa shape index (κ1) is 59.4. The number of esters is 2. The van der Waals surface area contributed by atoms with Gasteiger partial charge in [-0.2, -0.15) is 0 Å². The largest absolute Gasteiger partial charge is 0.472 e. The molecule has 0 fully saturated rings. The number of aliphatic hydroxyl groups excluding tert-OH is 2. The highest BCUT2D eigenvalue weighted by Crippen LogP contribution is 2.43. The van der Waals surface area contributed by atoms with Crippen molar-refractivity contribution in [2.45, 2.75) is 212 Å². The first-order valence-corrected chi connectivity index (χ1v) is 25.9. The number of rotatable bonds is 45. The van der Waals surface area contributed by atoms with Crippen LogP contribution in [0.1, 0.15) is 200 Å². The van der Waals surface area contributed by atoms with E-state index in [1.165, 1.54) is 77.0 Å². The Labute approximate surface area is 378 Å². The minimum absolute atomic E-state index is 0.179. The van der Waals surface area contributed by atoms with Crippen LogP contribution in [0.4, 0.5) is 0 Å². The summed E-state index contributed by atoms with van der Waals surface area (Å²) in [5, 5.41) is 19.2. The van der Waals surface area contributed by atoms with Crippen molar-refractivity contribution < 1.29 is 47.8 Å². The van der Waals surface area contributed by atoms with Crippen molar-refractivity contribution in [3.8, 4) is 0 Å². The number of unbranched alkanes of at least 4 members (excludes halogenated alkanes) is 19. The smallest absolute Gasteiger partial charge is 0.457 e. The van der Waals surface area contributed by atoms with Crippen molar-refractivity contribution >= 4 is 19.8 Å². The molecule has 0 heterocycles. The summed E-state index contributed by atoms with van der Waals surface area (Å²) in [6, 6.07) is 0. The van der Waals surface area contributed by atoms with Crippen LogP contribution >= 0.6 is 7.82 Å². The number of hydrogen-bond donors (Lipinski definition) is 3. The van der Waals surface area contributed by atoms with Crippen LogP contribution in [0.5, 0.6) is 0 Å². The van der Waals surface area contributed by atoms with Gasteiger partial charge in [-0.1, -0.05) is 177 Å². The molecule has 0 radical (unpaired) electrons. The molecule has 0 aliphatic carbocycles. The van der Waals surface area contributed by atoms with Crippen LogP contribution in [-0.2, 0) is 32.7 Å². The van der Waals surface area contributed by atoms with Crippen LogP contribution in [0, 0.1) is 0 Å². The summed E-state index contributed by atoms with van der Waals surface area (Å²) in [6.45, 7) is 2.07. The third-order valence-electron chi connectivity index (χ3n) is 10.2. The van der Waals surface area contributed by atoms with E-state index in [0.717, 1.165) is 83.5 Å². The Balaban J connectivity index is 3.90. The van der Waals surface area contributed by atoms with E-state index in [1.54, 1.807) is 0 Å². The predicted molar refractivity (Wildman–Crippen MR) is 256 cm³/mol. The average Bonchev–Trinajstić information content (AvgIpc) is 3.26. The maximum absolute atomic E-state index is 12.4. The van der Waals surface area contributed by atoms with E-state index in [1.807, 2.05) is 0 Å². The zero-order chi connectivity index (χ0) is 45.5. The molecule has 0 bridgehead atoms. The molecular formula is C51H89O10P. The van der Waals surface area contributed by atoms with Gasteiger partial charge in [0.2, 0.25) is 0 Å². The minimum atomic E-state index is -4.65. The monoisotopic (exact) mass is 893 g/mol. The van der Waals surface area contributed by atoms with Gasteiger partial charge in [0.1, 0.15) is 12.2 Å². The first-order chi connectivity index (χ1) is 30.3. The zero-order valence-corrected chi connectivity index (χ0v) is 40.0. The van der Waals surface area contributed by atoms with E-state index in [-0.39, 0.29) is 12.8 Å². The maximum Gasteiger partial charge on any atom is 0.472 e. The average molecular weight is 893 g/mol. The number of aliphatic hydroxyl groups is 2. The second-order valence-corrected chi connectivity index (χ2v) is 17.5. The van der Waals surface area contributed by atoms with Crippen molar-refractivity contribution in [3.05, 3.63) is 72.9 Å². The summed E-state index contributed by atoms with van der Waals surface area (Å²) in [6.07, 6.45) is 54.4. The Morgan fingerprint density at radius 3 is 1.10 bits per heavy atom. The van der Waals surface area contributed by atoms with Gasteiger partial charge >= 0.3 is 19.8 Å². The number of phosphoric acid groups is 1. The third kappa shape index (κ3) is 44.0. The van der Waals surface area contributed by atoms with Crippen molar-refractivity contribution in [1.29, 1.82) is 0 Å². The van der Waals surface area contributed by atoms with E-state index in [4.69, 9.17) is 18.5 Å². The normalized spacial score (nSPS) is 14.3. The molecular weight excluding hydrogens is 804 g/mol. The lowest BCUT2D eigenvalue weighted by Crippen LogP contribution is -2.28. The lowest BCUT2D eigenvalue weighted by molar-refractivity contribution is -0.153. The molecule has 0 saturated heterocycles. The molecule has 0 aromatic heterocycles. The second kappa shape index (κ2) is 46.4. The fourth-order valence-corrected chi connectivity index (χ4v) is 7.21. The van der Waals surface area contributed by atoms with Gasteiger partial charge in [-0.15, -0.1) is 0 Å². The highest BCUT2D eigenvalue weighted by molar-refractivity contribution is 7.47. The molecule has 358 valence electrons. The molecule has 3 atom stereocenters. The molecule has 0 spiro atoms. The lowest BCUT2D eigenvalue weighted by atomic mass is 10.1. The van der Waals surface area contributed by atoms with E-state index < -0.39 is 58.4 Å². The SMILES string of the molecule is CC/C=C\C/C=C\C/C=C\C/C=C\CCCCCCCCCCC(=O)OC(CO)COP(=O)(O)OCC(CO)OC(=O)CCCCCCCCC/C=C\C/C=C\CCCCCC. The van der Waals surface area contributed by atoms with E-state index in [2.05, 4.69) is 86.8 Å². The van der Waals surface area contributed by atoms with Crippen LogP contribution in [-0.4, -0.2) is 65.7 Å². The van der Waals surface area contributed by atoms with Crippen LogP contribution in [0.3, 0.4) is 0 Å². The van der Waals surface area contributed by atoms with Gasteiger partial charge in [-0.25, -0.2) is 4.57 Å². The van der Waals surface area contributed by atoms with Crippen molar-refractivity contribution in [2.24, 2.45) is 0 Å². The van der Waals surface area contributed by atoms with Gasteiger partial charge in [0.15, 0.2) is 0 Å². The fraction of sp³-hybridized carbons (Fsp3) is 0.725. The third-order valence-corrected chi connectivity index (χ3v) is 11.1. The number of allylic oxidation sites excluding steroid dienone is 12. The Bertz CT molecular complexity index is 1260. The van der Waals surface area contributed by atoms with Crippen molar-refractivity contribution in [3.63, 3.8) is 0 Å². The summed E-state index contributed by atoms with van der Waals surface area (Å²) in [4.78, 5) is 34.7. The molecule has 0 amide bonds. The standard InChI is InChI=1S/C51H89O10P/c1-3-5-7-9-11-13-15-17-19-21-23-24-25-27-29-31-33-35-37-39-41-43-51(55)61-49(45-53)47-59-62(56,57)58-46-48(44-52)60-50(54)42-40-38-36-34-32-30-28-26-22-20-18-16-14-12-10-8-6-4-2/h5,7,11,13-14,16-17,19-20,22-24,48-49,52-53H,3-4,6,8-10,12,15,18,21,25-47H2,1-2H3,(H,56,57)/b7-5-,13-11-,16-14-,19-17-,22-20-,24-23-. The van der Waals surface area contributed by atoms with Crippen LogP contribution in [0.15, 0.2) is 72.9 Å². The first-order valence-electron chi connectivity index (χ1n) is 24.4. The zero-order valence-electron chi connectivity index (χ0n) is 39.1. The van der Waals surface area contributed by atoms with Gasteiger partial charge in [0.25, 0.3) is 0 Å². The highest BCUT2D eigenvalue weighted by Gasteiger charge is 2.27. The molecule has 11 heteroatoms. The van der Waals surface area contributed by atoms with Gasteiger partial charge in [0.05, 0.1) is 26.4 Å². The maximum atomic E-state index is 12.4. The van der Waals surface area contributed by atoms with Crippen LogP contribution in [0.25, 0.3) is 0 Å². The summed E-state index contributed by atoms with van der Waals surface area (Å²) in [5.41, 5.74) is 0. The quantitative estimate of drug-likeness (QED) is 0.0233. The Hall–Kier alpha value is -2.59. The molecule has 0 aliphatic rings. The summed E-state index contributed by atoms with van der Waals surface area (Å²) in [7, 11) is -4.65. The molecule has 0 aliphatic heterocycles. The van der Waals surface area contributed by atoms with Crippen molar-refractivity contribution in [2.75, 3.05) is 26.4 Å². The topological polar surface area (TPSA) is 149 Å². The van der Waals surface area contributed by atoms with Gasteiger partial charge < -0.3 is 24.6 Å². The number of carbonyl (C=O) groups is 2. The Kier molecular flexibility index (Phi) is 44.5. The number of carbonyl (C=O) groups excluding carboxylic acids is 2. The molecule has 0 rings (SSSR count). The number of hydrogen-bond acceptors (Lipinski definition) is 9. The Morgan fingerprint density at radius 1 is 0.452 bits per heavy atom. The summed E-state index contributed by atoms with van der Waals surface area (Å²) < 4.78 is 32.7. The van der Waals surface area contributed by atoms with E-state index >= 15 is 0 Å². The summed E-state index contributed by atoms with van der Waals surface area (Å²) in [5.74, 6) is -1.04. The van der Waals surface area contributed by atoms with Crippen molar-refractivity contribution in [1.82, 2.24) is 0 Å². The molecule has 62 heavy (non-hydrogen) atoms. The van der Waals surface area contributed by atoms with Gasteiger partial charge in [0, 0.05) is 12.8 Å². The molecule has 0 aromatic carbocycles. The molecule has 3 N–H and O–H groups in total. The molecule has 0 saturated carbocycles. The van der Waals surface area contributed by atoms with Crippen LogP contribution in [0.2, 0.25) is 0 Å². The van der Waals surface area contributed by atoms with Gasteiger partial charge in [-0.3, -0.25) is 18.6 Å². The summed E-state index contributed by atoms with van der Waals surface area (Å²) >= 11 is 0. The lowest BCUT2D eigenvalue weighted by Gasteiger charge is -2.20. The molecule has 3 unspecified atom stereocenters. The second-order valence-electron chi connectivity index (χ2n) is 16.1.